The van der Waals surface area contributed by atoms with E-state index in [1.807, 2.05) is 26.8 Å². The molecule has 0 aliphatic rings. The molecule has 0 N–H and O–H groups in total. The SMILES string of the molecule is Cc1cc(C)c(C)c(Oc2ccc([N+](=O)[O-])c(C=O)c2)c1. The normalized spacial score (nSPS) is 10.2. The summed E-state index contributed by atoms with van der Waals surface area (Å²) in [5, 5.41) is 10.8. The number of rotatable bonds is 4. The first-order valence-corrected chi connectivity index (χ1v) is 6.41. The summed E-state index contributed by atoms with van der Waals surface area (Å²) in [6.07, 6.45) is 0.458. The Kier molecular flexibility index (Phi) is 4.03. The van der Waals surface area contributed by atoms with E-state index in [1.165, 1.54) is 18.2 Å². The van der Waals surface area contributed by atoms with Crippen LogP contribution in [0.1, 0.15) is 27.0 Å². The Morgan fingerprint density at radius 2 is 1.86 bits per heavy atom. The fourth-order valence-electron chi connectivity index (χ4n) is 2.09. The Morgan fingerprint density at radius 1 is 1.14 bits per heavy atom. The predicted molar refractivity (Wildman–Crippen MR) is 79.2 cm³/mol. The lowest BCUT2D eigenvalue weighted by Crippen LogP contribution is -1.96. The standard InChI is InChI=1S/C16H15NO4/c1-10-6-11(2)12(3)16(7-10)21-14-4-5-15(17(19)20)13(8-14)9-18/h4-9H,1-3H3. The van der Waals surface area contributed by atoms with Gasteiger partial charge >= 0.3 is 0 Å². The highest BCUT2D eigenvalue weighted by Gasteiger charge is 2.15. The molecular formula is C16H15NO4. The first-order valence-electron chi connectivity index (χ1n) is 6.41. The number of benzene rings is 2. The van der Waals surface area contributed by atoms with Gasteiger partial charge in [0, 0.05) is 6.07 Å². The van der Waals surface area contributed by atoms with Crippen LogP contribution in [0, 0.1) is 30.9 Å². The summed E-state index contributed by atoms with van der Waals surface area (Å²) >= 11 is 0. The summed E-state index contributed by atoms with van der Waals surface area (Å²) in [7, 11) is 0. The molecule has 0 saturated carbocycles. The third kappa shape index (κ3) is 3.08. The van der Waals surface area contributed by atoms with Crippen LogP contribution in [0.25, 0.3) is 0 Å². The van der Waals surface area contributed by atoms with Crippen LogP contribution < -0.4 is 4.74 Å². The Hall–Kier alpha value is -2.69. The van der Waals surface area contributed by atoms with Crippen molar-refractivity contribution in [3.63, 3.8) is 0 Å². The molecular weight excluding hydrogens is 270 g/mol. The van der Waals surface area contributed by atoms with E-state index >= 15 is 0 Å². The molecule has 0 amide bonds. The fraction of sp³-hybridized carbons (Fsp3) is 0.188. The number of hydrogen-bond donors (Lipinski definition) is 0. The molecule has 0 bridgehead atoms. The van der Waals surface area contributed by atoms with E-state index in [0.29, 0.717) is 17.8 Å². The van der Waals surface area contributed by atoms with Crippen LogP contribution in [0.3, 0.4) is 0 Å². The van der Waals surface area contributed by atoms with Crippen LogP contribution in [0.15, 0.2) is 30.3 Å². The number of ether oxygens (including phenoxy) is 1. The van der Waals surface area contributed by atoms with Gasteiger partial charge in [0.05, 0.1) is 10.5 Å². The van der Waals surface area contributed by atoms with Gasteiger partial charge in [0.25, 0.3) is 5.69 Å². The first kappa shape index (κ1) is 14.7. The van der Waals surface area contributed by atoms with Gasteiger partial charge in [0.15, 0.2) is 6.29 Å². The summed E-state index contributed by atoms with van der Waals surface area (Å²) in [5.74, 6) is 1.08. The summed E-state index contributed by atoms with van der Waals surface area (Å²) in [5.41, 5.74) is 2.92. The van der Waals surface area contributed by atoms with E-state index in [1.54, 1.807) is 0 Å². The summed E-state index contributed by atoms with van der Waals surface area (Å²) in [6, 6.07) is 8.08. The molecule has 2 rings (SSSR count). The van der Waals surface area contributed by atoms with Crippen molar-refractivity contribution in [2.45, 2.75) is 20.8 Å². The number of carbonyl (C=O) groups excluding carboxylic acids is 1. The lowest BCUT2D eigenvalue weighted by atomic mass is 10.1. The van der Waals surface area contributed by atoms with Gasteiger partial charge in [-0.2, -0.15) is 0 Å². The minimum Gasteiger partial charge on any atom is -0.457 e. The summed E-state index contributed by atoms with van der Waals surface area (Å²) in [6.45, 7) is 5.89. The molecule has 2 aromatic carbocycles. The number of nitrogens with zero attached hydrogens (tertiary/aromatic N) is 1. The van der Waals surface area contributed by atoms with Gasteiger partial charge in [-0.15, -0.1) is 0 Å². The highest BCUT2D eigenvalue weighted by Crippen LogP contribution is 2.30. The molecule has 0 fully saturated rings. The van der Waals surface area contributed by atoms with Crippen molar-refractivity contribution >= 4 is 12.0 Å². The molecule has 0 spiro atoms. The number of hydrogen-bond acceptors (Lipinski definition) is 4. The lowest BCUT2D eigenvalue weighted by molar-refractivity contribution is -0.385. The van der Waals surface area contributed by atoms with Crippen LogP contribution in [0.4, 0.5) is 5.69 Å². The zero-order chi connectivity index (χ0) is 15.6. The van der Waals surface area contributed by atoms with Gasteiger partial charge in [-0.3, -0.25) is 14.9 Å². The van der Waals surface area contributed by atoms with E-state index in [-0.39, 0.29) is 11.3 Å². The number of nitro benzene ring substituents is 1. The maximum Gasteiger partial charge on any atom is 0.280 e. The van der Waals surface area contributed by atoms with E-state index in [4.69, 9.17) is 4.74 Å². The number of aldehydes is 1. The number of nitro groups is 1. The van der Waals surface area contributed by atoms with Gasteiger partial charge in [-0.05, 0) is 55.7 Å². The molecule has 0 atom stereocenters. The molecule has 0 radical (unpaired) electrons. The second-order valence-electron chi connectivity index (χ2n) is 4.90. The Morgan fingerprint density at radius 3 is 2.48 bits per heavy atom. The molecule has 0 aliphatic heterocycles. The van der Waals surface area contributed by atoms with Gasteiger partial charge in [0.2, 0.25) is 0 Å². The van der Waals surface area contributed by atoms with Gasteiger partial charge in [0.1, 0.15) is 11.5 Å². The number of carbonyl (C=O) groups is 1. The highest BCUT2D eigenvalue weighted by atomic mass is 16.6. The fourth-order valence-corrected chi connectivity index (χ4v) is 2.09. The minimum absolute atomic E-state index is 0.000437. The van der Waals surface area contributed by atoms with Crippen molar-refractivity contribution in [2.24, 2.45) is 0 Å². The van der Waals surface area contributed by atoms with Gasteiger partial charge in [-0.1, -0.05) is 6.07 Å². The Bertz CT molecular complexity index is 722. The molecule has 5 nitrogen and oxygen atoms in total. The van der Waals surface area contributed by atoms with Gasteiger partial charge < -0.3 is 4.74 Å². The maximum absolute atomic E-state index is 11.0. The van der Waals surface area contributed by atoms with Crippen molar-refractivity contribution in [3.8, 4) is 11.5 Å². The second-order valence-corrected chi connectivity index (χ2v) is 4.90. The quantitative estimate of drug-likeness (QED) is 0.481. The lowest BCUT2D eigenvalue weighted by Gasteiger charge is -2.12. The van der Waals surface area contributed by atoms with Crippen molar-refractivity contribution in [3.05, 3.63) is 62.7 Å². The van der Waals surface area contributed by atoms with E-state index < -0.39 is 4.92 Å². The topological polar surface area (TPSA) is 69.4 Å². The smallest absolute Gasteiger partial charge is 0.280 e. The molecule has 0 unspecified atom stereocenters. The molecule has 0 heterocycles. The molecule has 0 aromatic heterocycles. The van der Waals surface area contributed by atoms with Crippen LogP contribution >= 0.6 is 0 Å². The van der Waals surface area contributed by atoms with Crippen molar-refractivity contribution < 1.29 is 14.5 Å². The third-order valence-corrected chi connectivity index (χ3v) is 3.31. The van der Waals surface area contributed by atoms with Crippen molar-refractivity contribution in [2.75, 3.05) is 0 Å². The summed E-state index contributed by atoms with van der Waals surface area (Å²) < 4.78 is 5.77. The largest absolute Gasteiger partial charge is 0.457 e. The van der Waals surface area contributed by atoms with Crippen molar-refractivity contribution in [1.29, 1.82) is 0 Å². The molecule has 5 heteroatoms. The minimum atomic E-state index is -0.588. The van der Waals surface area contributed by atoms with Gasteiger partial charge in [-0.25, -0.2) is 0 Å². The first-order chi connectivity index (χ1) is 9.92. The molecule has 108 valence electrons. The van der Waals surface area contributed by atoms with E-state index in [9.17, 15) is 14.9 Å². The van der Waals surface area contributed by atoms with E-state index in [0.717, 1.165) is 16.7 Å². The Balaban J connectivity index is 2.41. The maximum atomic E-state index is 11.0. The monoisotopic (exact) mass is 285 g/mol. The van der Waals surface area contributed by atoms with Crippen LogP contribution in [0.2, 0.25) is 0 Å². The molecule has 21 heavy (non-hydrogen) atoms. The van der Waals surface area contributed by atoms with E-state index in [2.05, 4.69) is 6.07 Å². The highest BCUT2D eigenvalue weighted by molar-refractivity contribution is 5.82. The molecule has 2 aromatic rings. The zero-order valence-corrected chi connectivity index (χ0v) is 12.0. The van der Waals surface area contributed by atoms with Crippen LogP contribution in [0.5, 0.6) is 11.5 Å². The average Bonchev–Trinajstić information content (AvgIpc) is 2.43. The van der Waals surface area contributed by atoms with Crippen molar-refractivity contribution in [1.82, 2.24) is 0 Å². The average molecular weight is 285 g/mol. The third-order valence-electron chi connectivity index (χ3n) is 3.31. The molecule has 0 saturated heterocycles. The zero-order valence-electron chi connectivity index (χ0n) is 12.0. The summed E-state index contributed by atoms with van der Waals surface area (Å²) in [4.78, 5) is 21.2. The predicted octanol–water partition coefficient (Wildman–Crippen LogP) is 4.12. The number of aryl methyl sites for hydroxylation is 2. The Labute approximate surface area is 122 Å². The van der Waals surface area contributed by atoms with Crippen LogP contribution in [-0.2, 0) is 0 Å². The second kappa shape index (κ2) is 5.75. The molecule has 0 aliphatic carbocycles. The van der Waals surface area contributed by atoms with Crippen LogP contribution in [-0.4, -0.2) is 11.2 Å².